The molecule has 0 aromatic heterocycles. The fourth-order valence-electron chi connectivity index (χ4n) is 2.12. The summed E-state index contributed by atoms with van der Waals surface area (Å²) in [4.78, 5) is 25.5. The van der Waals surface area contributed by atoms with E-state index in [-0.39, 0.29) is 6.04 Å². The zero-order valence-corrected chi connectivity index (χ0v) is 13.0. The lowest BCUT2D eigenvalue weighted by molar-refractivity contribution is -0.151. The number of carboxylic acids is 1. The number of likely N-dealkylation sites (N-methyl/N-ethyl adjacent to an activating group) is 1. The molecule has 112 valence electrons. The summed E-state index contributed by atoms with van der Waals surface area (Å²) in [5.74, 6) is -2.49. The zero-order valence-electron chi connectivity index (χ0n) is 13.0. The summed E-state index contributed by atoms with van der Waals surface area (Å²) in [6, 6.07) is -0.0587. The molecule has 5 heteroatoms. The van der Waals surface area contributed by atoms with Crippen LogP contribution in [0.3, 0.4) is 0 Å². The number of nitrogens with zero attached hydrogens (tertiary/aromatic N) is 1. The lowest BCUT2D eigenvalue weighted by Crippen LogP contribution is -2.48. The van der Waals surface area contributed by atoms with Crippen LogP contribution in [-0.4, -0.2) is 47.6 Å². The molecule has 0 aromatic rings. The molecule has 5 nitrogen and oxygen atoms in total. The number of carbonyl (C=O) groups is 2. The molecule has 0 spiro atoms. The monoisotopic (exact) mass is 272 g/mol. The zero-order chi connectivity index (χ0) is 15.2. The lowest BCUT2D eigenvalue weighted by Gasteiger charge is -2.29. The molecule has 0 saturated heterocycles. The van der Waals surface area contributed by atoms with Crippen LogP contribution in [0.25, 0.3) is 0 Å². The van der Waals surface area contributed by atoms with Crippen LogP contribution in [0.2, 0.25) is 0 Å². The van der Waals surface area contributed by atoms with Gasteiger partial charge >= 0.3 is 5.97 Å². The maximum Gasteiger partial charge on any atom is 0.316 e. The number of carbonyl (C=O) groups excluding carboxylic acids is 1. The number of carboxylic acid groups (broad SMARTS) is 1. The lowest BCUT2D eigenvalue weighted by atomic mass is 9.80. The van der Waals surface area contributed by atoms with Crippen LogP contribution in [0, 0.1) is 11.3 Å². The topological polar surface area (TPSA) is 69.6 Å². The third-order valence-electron chi connectivity index (χ3n) is 3.19. The van der Waals surface area contributed by atoms with E-state index in [2.05, 4.69) is 24.1 Å². The van der Waals surface area contributed by atoms with Gasteiger partial charge in [-0.2, -0.15) is 0 Å². The molecular weight excluding hydrogens is 244 g/mol. The van der Waals surface area contributed by atoms with Crippen molar-refractivity contribution in [1.29, 1.82) is 0 Å². The standard InChI is InChI=1S/C14H28N2O3/c1-7-16(8-2)9-10(3)15-12(17)11(13(18)19)14(4,5)6/h10-11H,7-9H2,1-6H3,(H,15,17)(H,18,19). The van der Waals surface area contributed by atoms with Gasteiger partial charge in [-0.25, -0.2) is 0 Å². The average Bonchev–Trinajstić information content (AvgIpc) is 2.22. The van der Waals surface area contributed by atoms with Gasteiger partial charge in [-0.05, 0) is 25.4 Å². The van der Waals surface area contributed by atoms with Crippen LogP contribution >= 0.6 is 0 Å². The Labute approximate surface area is 116 Å². The first-order chi connectivity index (χ1) is 8.63. The second-order valence-corrected chi connectivity index (χ2v) is 6.03. The van der Waals surface area contributed by atoms with Crippen LogP contribution in [0.1, 0.15) is 41.5 Å². The SMILES string of the molecule is CCN(CC)CC(C)NC(=O)C(C(=O)O)C(C)(C)C. The maximum absolute atomic E-state index is 12.1. The molecule has 0 aliphatic rings. The van der Waals surface area contributed by atoms with Crippen molar-refractivity contribution in [3.05, 3.63) is 0 Å². The van der Waals surface area contributed by atoms with Gasteiger partial charge < -0.3 is 15.3 Å². The number of hydrogen-bond donors (Lipinski definition) is 2. The molecule has 0 aliphatic heterocycles. The Hall–Kier alpha value is -1.10. The molecule has 0 fully saturated rings. The molecule has 0 saturated carbocycles. The van der Waals surface area contributed by atoms with Gasteiger partial charge in [0.25, 0.3) is 0 Å². The Kier molecular flexibility index (Phi) is 7.05. The first kappa shape index (κ1) is 17.9. The van der Waals surface area contributed by atoms with Gasteiger partial charge in [0, 0.05) is 12.6 Å². The molecule has 19 heavy (non-hydrogen) atoms. The molecule has 0 bridgehead atoms. The minimum absolute atomic E-state index is 0.0587. The van der Waals surface area contributed by atoms with E-state index in [9.17, 15) is 14.7 Å². The Morgan fingerprint density at radius 2 is 1.68 bits per heavy atom. The second kappa shape index (κ2) is 7.48. The van der Waals surface area contributed by atoms with Gasteiger partial charge in [0.05, 0.1) is 0 Å². The molecule has 2 N–H and O–H groups in total. The van der Waals surface area contributed by atoms with E-state index in [1.54, 1.807) is 20.8 Å². The van der Waals surface area contributed by atoms with Gasteiger partial charge in [-0.15, -0.1) is 0 Å². The van der Waals surface area contributed by atoms with Crippen molar-refractivity contribution in [3.8, 4) is 0 Å². The molecule has 0 aromatic carbocycles. The van der Waals surface area contributed by atoms with E-state index in [0.717, 1.165) is 19.6 Å². The smallest absolute Gasteiger partial charge is 0.316 e. The third-order valence-corrected chi connectivity index (χ3v) is 3.19. The van der Waals surface area contributed by atoms with Crippen LogP contribution in [0.15, 0.2) is 0 Å². The number of aliphatic carboxylic acids is 1. The van der Waals surface area contributed by atoms with Crippen molar-refractivity contribution < 1.29 is 14.7 Å². The van der Waals surface area contributed by atoms with Gasteiger partial charge in [-0.1, -0.05) is 34.6 Å². The second-order valence-electron chi connectivity index (χ2n) is 6.03. The summed E-state index contributed by atoms with van der Waals surface area (Å²) in [5.41, 5.74) is -0.592. The van der Waals surface area contributed by atoms with Crippen LogP contribution < -0.4 is 5.32 Å². The summed E-state index contributed by atoms with van der Waals surface area (Å²) < 4.78 is 0. The van der Waals surface area contributed by atoms with Crippen LogP contribution in [0.4, 0.5) is 0 Å². The molecule has 2 unspecified atom stereocenters. The van der Waals surface area contributed by atoms with Gasteiger partial charge in [-0.3, -0.25) is 9.59 Å². The van der Waals surface area contributed by atoms with Crippen molar-refractivity contribution in [2.75, 3.05) is 19.6 Å². The van der Waals surface area contributed by atoms with Crippen molar-refractivity contribution in [2.24, 2.45) is 11.3 Å². The minimum Gasteiger partial charge on any atom is -0.481 e. The average molecular weight is 272 g/mol. The molecule has 1 amide bonds. The van der Waals surface area contributed by atoms with E-state index < -0.39 is 23.2 Å². The summed E-state index contributed by atoms with van der Waals surface area (Å²) in [7, 11) is 0. The van der Waals surface area contributed by atoms with Crippen molar-refractivity contribution >= 4 is 11.9 Å². The van der Waals surface area contributed by atoms with E-state index in [1.807, 2.05) is 6.92 Å². The molecule has 2 atom stereocenters. The third kappa shape index (κ3) is 6.05. The maximum atomic E-state index is 12.1. The number of rotatable bonds is 7. The summed E-state index contributed by atoms with van der Waals surface area (Å²) >= 11 is 0. The van der Waals surface area contributed by atoms with E-state index >= 15 is 0 Å². The summed E-state index contributed by atoms with van der Waals surface area (Å²) in [6.45, 7) is 13.9. The Balaban J connectivity index is 4.61. The summed E-state index contributed by atoms with van der Waals surface area (Å²) in [6.07, 6.45) is 0. The highest BCUT2D eigenvalue weighted by Gasteiger charge is 2.38. The van der Waals surface area contributed by atoms with E-state index in [4.69, 9.17) is 0 Å². The molecule has 0 radical (unpaired) electrons. The van der Waals surface area contributed by atoms with Crippen LogP contribution in [-0.2, 0) is 9.59 Å². The Morgan fingerprint density at radius 1 is 1.21 bits per heavy atom. The quantitative estimate of drug-likeness (QED) is 0.690. The highest BCUT2D eigenvalue weighted by Crippen LogP contribution is 2.26. The molecule has 0 aliphatic carbocycles. The molecular formula is C14H28N2O3. The van der Waals surface area contributed by atoms with Gasteiger partial charge in [0.15, 0.2) is 0 Å². The van der Waals surface area contributed by atoms with E-state index in [0.29, 0.717) is 0 Å². The normalized spacial score (nSPS) is 15.1. The fourth-order valence-corrected chi connectivity index (χ4v) is 2.12. The predicted molar refractivity (Wildman–Crippen MR) is 76.0 cm³/mol. The first-order valence-corrected chi connectivity index (χ1v) is 6.89. The van der Waals surface area contributed by atoms with Crippen molar-refractivity contribution in [3.63, 3.8) is 0 Å². The molecule has 0 rings (SSSR count). The molecule has 0 heterocycles. The van der Waals surface area contributed by atoms with Crippen LogP contribution in [0.5, 0.6) is 0 Å². The fraction of sp³-hybridized carbons (Fsp3) is 0.857. The number of nitrogens with one attached hydrogen (secondary N) is 1. The highest BCUT2D eigenvalue weighted by molar-refractivity contribution is 5.97. The summed E-state index contributed by atoms with van der Waals surface area (Å²) in [5, 5.41) is 12.0. The minimum atomic E-state index is -1.07. The van der Waals surface area contributed by atoms with Gasteiger partial charge in [0.2, 0.25) is 5.91 Å². The van der Waals surface area contributed by atoms with E-state index in [1.165, 1.54) is 0 Å². The highest BCUT2D eigenvalue weighted by atomic mass is 16.4. The number of amides is 1. The predicted octanol–water partition coefficient (Wildman–Crippen LogP) is 1.58. The van der Waals surface area contributed by atoms with Crippen molar-refractivity contribution in [1.82, 2.24) is 10.2 Å². The van der Waals surface area contributed by atoms with Gasteiger partial charge in [0.1, 0.15) is 5.92 Å². The Morgan fingerprint density at radius 3 is 2.00 bits per heavy atom. The Bertz CT molecular complexity index is 306. The van der Waals surface area contributed by atoms with Crippen molar-refractivity contribution in [2.45, 2.75) is 47.6 Å². The number of hydrogen-bond acceptors (Lipinski definition) is 3. The first-order valence-electron chi connectivity index (χ1n) is 6.89. The largest absolute Gasteiger partial charge is 0.481 e.